The zero-order valence-electron chi connectivity index (χ0n) is 13.0. The van der Waals surface area contributed by atoms with E-state index in [9.17, 15) is 4.79 Å². The average molecular weight is 309 g/mol. The van der Waals surface area contributed by atoms with Crippen molar-refractivity contribution in [3.63, 3.8) is 0 Å². The van der Waals surface area contributed by atoms with Crippen LogP contribution in [0.25, 0.3) is 0 Å². The summed E-state index contributed by atoms with van der Waals surface area (Å²) in [5.74, 6) is 0.782. The molecule has 5 nitrogen and oxygen atoms in total. The van der Waals surface area contributed by atoms with Crippen LogP contribution >= 0.6 is 11.8 Å². The lowest BCUT2D eigenvalue weighted by Crippen LogP contribution is -2.38. The molecule has 1 fully saturated rings. The highest BCUT2D eigenvalue weighted by atomic mass is 32.2. The first-order chi connectivity index (χ1) is 10.0. The molecule has 116 valence electrons. The highest BCUT2D eigenvalue weighted by Gasteiger charge is 2.35. The topological polar surface area (TPSA) is 44.8 Å². The van der Waals surface area contributed by atoms with Crippen molar-refractivity contribution in [3.8, 4) is 5.75 Å². The summed E-state index contributed by atoms with van der Waals surface area (Å²) >= 11 is 1.82. The lowest BCUT2D eigenvalue weighted by molar-refractivity contribution is 0.216. The molecule has 0 saturated carbocycles. The van der Waals surface area contributed by atoms with Crippen LogP contribution in [0.3, 0.4) is 0 Å². The lowest BCUT2D eigenvalue weighted by Gasteiger charge is -2.23. The quantitative estimate of drug-likeness (QED) is 0.926. The molecule has 0 radical (unpaired) electrons. The van der Waals surface area contributed by atoms with Crippen LogP contribution in [0.4, 0.5) is 10.5 Å². The fourth-order valence-electron chi connectivity index (χ4n) is 2.53. The Kier molecular flexibility index (Phi) is 5.36. The van der Waals surface area contributed by atoms with Crippen molar-refractivity contribution in [3.05, 3.63) is 24.3 Å². The molecule has 6 heteroatoms. The van der Waals surface area contributed by atoms with Gasteiger partial charge in [0.1, 0.15) is 5.75 Å². The number of methoxy groups -OCH3 is 1. The molecule has 2 amide bonds. The van der Waals surface area contributed by atoms with Gasteiger partial charge in [-0.1, -0.05) is 0 Å². The van der Waals surface area contributed by atoms with Crippen LogP contribution in [0, 0.1) is 0 Å². The smallest absolute Gasteiger partial charge is 0.321 e. The SMILES string of the molecule is COc1ccc(NC(=O)N2CC(SC)C(N(C)C)C2)cc1. The number of anilines is 1. The van der Waals surface area contributed by atoms with E-state index >= 15 is 0 Å². The first-order valence-electron chi connectivity index (χ1n) is 6.94. The summed E-state index contributed by atoms with van der Waals surface area (Å²) in [6.45, 7) is 1.55. The molecule has 1 aromatic carbocycles. The van der Waals surface area contributed by atoms with Crippen molar-refractivity contribution in [2.75, 3.05) is 45.9 Å². The van der Waals surface area contributed by atoms with Gasteiger partial charge in [0, 0.05) is 30.1 Å². The summed E-state index contributed by atoms with van der Waals surface area (Å²) < 4.78 is 5.11. The van der Waals surface area contributed by atoms with Gasteiger partial charge in [-0.25, -0.2) is 4.79 Å². The number of nitrogens with one attached hydrogen (secondary N) is 1. The van der Waals surface area contributed by atoms with Crippen molar-refractivity contribution in [1.29, 1.82) is 0 Å². The van der Waals surface area contributed by atoms with Crippen LogP contribution < -0.4 is 10.1 Å². The number of nitrogens with zero attached hydrogens (tertiary/aromatic N) is 2. The molecule has 1 N–H and O–H groups in total. The molecule has 1 aliphatic heterocycles. The Morgan fingerprint density at radius 1 is 1.33 bits per heavy atom. The third-order valence-electron chi connectivity index (χ3n) is 3.83. The normalized spacial score (nSPS) is 21.7. The van der Waals surface area contributed by atoms with Gasteiger partial charge in [-0.15, -0.1) is 0 Å². The van der Waals surface area contributed by atoms with E-state index in [1.165, 1.54) is 0 Å². The van der Waals surface area contributed by atoms with Crippen molar-refractivity contribution >= 4 is 23.5 Å². The summed E-state index contributed by atoms with van der Waals surface area (Å²) in [6, 6.07) is 7.75. The van der Waals surface area contributed by atoms with E-state index in [0.29, 0.717) is 11.3 Å². The van der Waals surface area contributed by atoms with Crippen LogP contribution in [-0.4, -0.2) is 67.7 Å². The van der Waals surface area contributed by atoms with E-state index < -0.39 is 0 Å². The highest BCUT2D eigenvalue weighted by Crippen LogP contribution is 2.25. The Bertz CT molecular complexity index is 478. The number of rotatable bonds is 4. The monoisotopic (exact) mass is 309 g/mol. The second-order valence-corrected chi connectivity index (χ2v) is 6.45. The van der Waals surface area contributed by atoms with Gasteiger partial charge in [-0.3, -0.25) is 0 Å². The second-order valence-electron chi connectivity index (χ2n) is 5.37. The minimum absolute atomic E-state index is 0.0384. The number of likely N-dealkylation sites (N-methyl/N-ethyl adjacent to an activating group) is 1. The van der Waals surface area contributed by atoms with Crippen LogP contribution in [-0.2, 0) is 0 Å². The molecule has 2 rings (SSSR count). The maximum Gasteiger partial charge on any atom is 0.321 e. The third-order valence-corrected chi connectivity index (χ3v) is 4.90. The number of amides is 2. The average Bonchev–Trinajstić information content (AvgIpc) is 2.92. The molecule has 1 aromatic rings. The fourth-order valence-corrected chi connectivity index (χ4v) is 3.50. The summed E-state index contributed by atoms with van der Waals surface area (Å²) in [4.78, 5) is 16.4. The van der Waals surface area contributed by atoms with Crippen molar-refractivity contribution < 1.29 is 9.53 Å². The number of benzene rings is 1. The van der Waals surface area contributed by atoms with Gasteiger partial charge in [0.25, 0.3) is 0 Å². The number of likely N-dealkylation sites (tertiary alicyclic amines) is 1. The summed E-state index contributed by atoms with van der Waals surface area (Å²) in [5, 5.41) is 3.40. The van der Waals surface area contributed by atoms with Crippen molar-refractivity contribution in [2.24, 2.45) is 0 Å². The highest BCUT2D eigenvalue weighted by molar-refractivity contribution is 7.99. The molecule has 0 aliphatic carbocycles. The third kappa shape index (κ3) is 3.83. The van der Waals surface area contributed by atoms with Gasteiger partial charge in [0.05, 0.1) is 7.11 Å². The van der Waals surface area contributed by atoms with E-state index in [1.807, 2.05) is 40.9 Å². The predicted octanol–water partition coefficient (Wildman–Crippen LogP) is 2.20. The first-order valence-corrected chi connectivity index (χ1v) is 8.23. The van der Waals surface area contributed by atoms with E-state index in [4.69, 9.17) is 4.74 Å². The van der Waals surface area contributed by atoms with Crippen LogP contribution in [0.2, 0.25) is 0 Å². The Morgan fingerprint density at radius 3 is 2.48 bits per heavy atom. The van der Waals surface area contributed by atoms with E-state index in [2.05, 4.69) is 30.6 Å². The number of ether oxygens (including phenoxy) is 1. The first kappa shape index (κ1) is 16.0. The number of carbonyl (C=O) groups is 1. The molecule has 1 aliphatic rings. The standard InChI is InChI=1S/C15H23N3O2S/c1-17(2)13-9-18(10-14(13)21-4)15(19)16-11-5-7-12(20-3)8-6-11/h5-8,13-14H,9-10H2,1-4H3,(H,16,19). The zero-order valence-corrected chi connectivity index (χ0v) is 13.8. The molecule has 1 heterocycles. The Morgan fingerprint density at radius 2 is 2.00 bits per heavy atom. The number of carbonyl (C=O) groups excluding carboxylic acids is 1. The minimum atomic E-state index is -0.0384. The maximum absolute atomic E-state index is 12.4. The number of hydrogen-bond donors (Lipinski definition) is 1. The second kappa shape index (κ2) is 7.04. The summed E-state index contributed by atoms with van der Waals surface area (Å²) in [7, 11) is 5.76. The van der Waals surface area contributed by atoms with Crippen LogP contribution in [0.5, 0.6) is 5.75 Å². The molecule has 2 unspecified atom stereocenters. The molecule has 1 saturated heterocycles. The van der Waals surface area contributed by atoms with E-state index in [1.54, 1.807) is 7.11 Å². The van der Waals surface area contributed by atoms with Crippen molar-refractivity contribution in [1.82, 2.24) is 9.80 Å². The van der Waals surface area contributed by atoms with Gasteiger partial charge >= 0.3 is 6.03 Å². The van der Waals surface area contributed by atoms with E-state index in [0.717, 1.165) is 24.5 Å². The lowest BCUT2D eigenvalue weighted by atomic mass is 10.2. The Hall–Kier alpha value is -1.40. The predicted molar refractivity (Wildman–Crippen MR) is 88.4 cm³/mol. The largest absolute Gasteiger partial charge is 0.497 e. The fraction of sp³-hybridized carbons (Fsp3) is 0.533. The number of hydrogen-bond acceptors (Lipinski definition) is 4. The number of urea groups is 1. The van der Waals surface area contributed by atoms with Crippen LogP contribution in [0.1, 0.15) is 0 Å². The van der Waals surface area contributed by atoms with Gasteiger partial charge in [-0.2, -0.15) is 11.8 Å². The zero-order chi connectivity index (χ0) is 15.4. The molecule has 0 bridgehead atoms. The minimum Gasteiger partial charge on any atom is -0.497 e. The van der Waals surface area contributed by atoms with Crippen LogP contribution in [0.15, 0.2) is 24.3 Å². The molecule has 2 atom stereocenters. The van der Waals surface area contributed by atoms with Gasteiger partial charge in [0.2, 0.25) is 0 Å². The summed E-state index contributed by atoms with van der Waals surface area (Å²) in [5.41, 5.74) is 0.787. The molecular formula is C15H23N3O2S. The molecule has 21 heavy (non-hydrogen) atoms. The summed E-state index contributed by atoms with van der Waals surface area (Å²) in [6.07, 6.45) is 2.10. The van der Waals surface area contributed by atoms with Gasteiger partial charge in [0.15, 0.2) is 0 Å². The van der Waals surface area contributed by atoms with Gasteiger partial charge < -0.3 is 19.9 Å². The molecule has 0 aromatic heterocycles. The number of thioether (sulfide) groups is 1. The molecular weight excluding hydrogens is 286 g/mol. The van der Waals surface area contributed by atoms with E-state index in [-0.39, 0.29) is 6.03 Å². The maximum atomic E-state index is 12.4. The molecule has 0 spiro atoms. The Balaban J connectivity index is 1.97. The van der Waals surface area contributed by atoms with Gasteiger partial charge in [-0.05, 0) is 44.6 Å². The van der Waals surface area contributed by atoms with Crippen molar-refractivity contribution in [2.45, 2.75) is 11.3 Å². The Labute approximate surface area is 130 Å².